The largest absolute Gasteiger partial charge is 0.463 e. The van der Waals surface area contributed by atoms with Gasteiger partial charge in [-0.25, -0.2) is 9.59 Å². The van der Waals surface area contributed by atoms with Gasteiger partial charge in [-0.1, -0.05) is 19.8 Å². The summed E-state index contributed by atoms with van der Waals surface area (Å²) in [5.74, 6) is -0.0564. The van der Waals surface area contributed by atoms with E-state index in [9.17, 15) is 9.59 Å². The van der Waals surface area contributed by atoms with E-state index >= 15 is 0 Å². The van der Waals surface area contributed by atoms with Crippen LogP contribution in [-0.2, 0) is 14.3 Å². The van der Waals surface area contributed by atoms with E-state index in [1.54, 1.807) is 0 Å². The molecule has 18 heavy (non-hydrogen) atoms. The summed E-state index contributed by atoms with van der Waals surface area (Å²) in [6.45, 7) is 2.22. The SMILES string of the molecule is CCCCC(NC(=O)OCCCl)C(=O)OCCCl. The molecule has 0 rings (SSSR count). The molecule has 0 saturated heterocycles. The highest BCUT2D eigenvalue weighted by molar-refractivity contribution is 6.18. The van der Waals surface area contributed by atoms with Gasteiger partial charge in [-0.3, -0.25) is 0 Å². The maximum absolute atomic E-state index is 11.6. The first-order chi connectivity index (χ1) is 8.65. The van der Waals surface area contributed by atoms with Gasteiger partial charge in [-0.2, -0.15) is 0 Å². The molecule has 0 radical (unpaired) electrons. The van der Waals surface area contributed by atoms with Crippen molar-refractivity contribution in [1.82, 2.24) is 5.32 Å². The number of carbonyl (C=O) groups excluding carboxylic acids is 2. The van der Waals surface area contributed by atoms with E-state index in [-0.39, 0.29) is 25.0 Å². The Bertz CT molecular complexity index is 251. The lowest BCUT2D eigenvalue weighted by Gasteiger charge is -2.16. The quantitative estimate of drug-likeness (QED) is 0.524. The number of hydrogen-bond donors (Lipinski definition) is 1. The number of alkyl carbamates (subject to hydrolysis) is 1. The molecule has 1 amide bonds. The number of alkyl halides is 2. The third-order valence-electron chi connectivity index (χ3n) is 2.05. The average Bonchev–Trinajstić information content (AvgIpc) is 2.38. The molecule has 106 valence electrons. The van der Waals surface area contributed by atoms with E-state index in [4.69, 9.17) is 32.7 Å². The monoisotopic (exact) mass is 299 g/mol. The van der Waals surface area contributed by atoms with Crippen molar-refractivity contribution in [3.8, 4) is 0 Å². The van der Waals surface area contributed by atoms with Crippen LogP contribution in [0, 0.1) is 0 Å². The first-order valence-electron chi connectivity index (χ1n) is 5.87. The Hall–Kier alpha value is -0.680. The number of nitrogens with one attached hydrogen (secondary N) is 1. The van der Waals surface area contributed by atoms with E-state index in [0.717, 1.165) is 12.8 Å². The van der Waals surface area contributed by atoms with E-state index < -0.39 is 18.1 Å². The van der Waals surface area contributed by atoms with Crippen LogP contribution in [0.3, 0.4) is 0 Å². The standard InChI is InChI=1S/C11H19Cl2NO4/c1-2-3-4-9(10(15)17-7-5-12)14-11(16)18-8-6-13/h9H,2-8H2,1H3,(H,14,16). The van der Waals surface area contributed by atoms with E-state index in [0.29, 0.717) is 6.42 Å². The van der Waals surface area contributed by atoms with Crippen LogP contribution in [0.15, 0.2) is 0 Å². The molecule has 0 bridgehead atoms. The van der Waals surface area contributed by atoms with Gasteiger partial charge < -0.3 is 14.8 Å². The van der Waals surface area contributed by atoms with Crippen molar-refractivity contribution in [2.24, 2.45) is 0 Å². The lowest BCUT2D eigenvalue weighted by Crippen LogP contribution is -2.42. The third kappa shape index (κ3) is 8.42. The van der Waals surface area contributed by atoms with Crippen molar-refractivity contribution in [3.63, 3.8) is 0 Å². The molecule has 1 unspecified atom stereocenters. The van der Waals surface area contributed by atoms with E-state index in [2.05, 4.69) is 5.32 Å². The number of ether oxygens (including phenoxy) is 2. The molecule has 5 nitrogen and oxygen atoms in total. The van der Waals surface area contributed by atoms with E-state index in [1.807, 2.05) is 6.92 Å². The highest BCUT2D eigenvalue weighted by Gasteiger charge is 2.22. The maximum atomic E-state index is 11.6. The summed E-state index contributed by atoms with van der Waals surface area (Å²) in [4.78, 5) is 23.0. The highest BCUT2D eigenvalue weighted by atomic mass is 35.5. The predicted molar refractivity (Wildman–Crippen MR) is 70.2 cm³/mol. The van der Waals surface area contributed by atoms with Crippen molar-refractivity contribution in [2.75, 3.05) is 25.0 Å². The van der Waals surface area contributed by atoms with Gasteiger partial charge in [0.25, 0.3) is 0 Å². The molecule has 0 aromatic rings. The molecule has 7 heteroatoms. The van der Waals surface area contributed by atoms with Crippen LogP contribution in [0.2, 0.25) is 0 Å². The Balaban J connectivity index is 4.19. The molecular weight excluding hydrogens is 281 g/mol. The Labute approximate surface area is 117 Å². The van der Waals surface area contributed by atoms with Gasteiger partial charge in [0, 0.05) is 0 Å². The number of carbonyl (C=O) groups is 2. The lowest BCUT2D eigenvalue weighted by molar-refractivity contribution is -0.145. The molecule has 0 aromatic heterocycles. The Morgan fingerprint density at radius 2 is 1.78 bits per heavy atom. The van der Waals surface area contributed by atoms with Crippen molar-refractivity contribution < 1.29 is 19.1 Å². The Morgan fingerprint density at radius 1 is 1.17 bits per heavy atom. The highest BCUT2D eigenvalue weighted by Crippen LogP contribution is 2.03. The minimum Gasteiger partial charge on any atom is -0.463 e. The van der Waals surface area contributed by atoms with Crippen molar-refractivity contribution in [2.45, 2.75) is 32.2 Å². The molecule has 1 atom stereocenters. The molecule has 0 heterocycles. The van der Waals surface area contributed by atoms with Crippen LogP contribution in [0.5, 0.6) is 0 Å². The molecule has 0 aliphatic carbocycles. The minimum atomic E-state index is -0.698. The second-order valence-corrected chi connectivity index (χ2v) is 4.28. The topological polar surface area (TPSA) is 64.6 Å². The fourth-order valence-corrected chi connectivity index (χ4v) is 1.37. The first kappa shape index (κ1) is 17.3. The molecule has 0 aliphatic heterocycles. The number of halogens is 2. The van der Waals surface area contributed by atoms with Crippen LogP contribution < -0.4 is 5.32 Å². The van der Waals surface area contributed by atoms with Gasteiger partial charge in [0.15, 0.2) is 0 Å². The van der Waals surface area contributed by atoms with Crippen LogP contribution in [-0.4, -0.2) is 43.1 Å². The molecule has 0 aromatic carbocycles. The van der Waals surface area contributed by atoms with Gasteiger partial charge in [-0.05, 0) is 6.42 Å². The Morgan fingerprint density at radius 3 is 2.33 bits per heavy atom. The number of amides is 1. The number of hydrogen-bond acceptors (Lipinski definition) is 4. The minimum absolute atomic E-state index is 0.102. The summed E-state index contributed by atoms with van der Waals surface area (Å²) in [7, 11) is 0. The molecule has 0 fully saturated rings. The summed E-state index contributed by atoms with van der Waals surface area (Å²) >= 11 is 10.8. The predicted octanol–water partition coefficient (Wildman–Crippen LogP) is 2.29. The van der Waals surface area contributed by atoms with Gasteiger partial charge in [0.05, 0.1) is 11.8 Å². The molecule has 1 N–H and O–H groups in total. The number of rotatable bonds is 9. The zero-order valence-corrected chi connectivity index (χ0v) is 11.9. The third-order valence-corrected chi connectivity index (χ3v) is 2.36. The summed E-state index contributed by atoms with van der Waals surface area (Å²) in [5, 5.41) is 2.46. The second-order valence-electron chi connectivity index (χ2n) is 3.52. The Kier molecular flexibility index (Phi) is 11.0. The zero-order valence-electron chi connectivity index (χ0n) is 10.4. The average molecular weight is 300 g/mol. The molecule has 0 spiro atoms. The number of esters is 1. The van der Waals surface area contributed by atoms with Gasteiger partial charge in [0.2, 0.25) is 0 Å². The number of unbranched alkanes of at least 4 members (excludes halogenated alkanes) is 1. The summed E-state index contributed by atoms with van der Waals surface area (Å²) in [6, 6.07) is -0.698. The zero-order chi connectivity index (χ0) is 13.8. The van der Waals surface area contributed by atoms with Crippen molar-refractivity contribution in [1.29, 1.82) is 0 Å². The van der Waals surface area contributed by atoms with Crippen LogP contribution in [0.1, 0.15) is 26.2 Å². The normalized spacial score (nSPS) is 11.7. The van der Waals surface area contributed by atoms with Crippen LogP contribution >= 0.6 is 23.2 Å². The second kappa shape index (κ2) is 11.4. The van der Waals surface area contributed by atoms with E-state index in [1.165, 1.54) is 0 Å². The maximum Gasteiger partial charge on any atom is 0.407 e. The van der Waals surface area contributed by atoms with Gasteiger partial charge in [0.1, 0.15) is 19.3 Å². The first-order valence-corrected chi connectivity index (χ1v) is 6.94. The van der Waals surface area contributed by atoms with Crippen LogP contribution in [0.25, 0.3) is 0 Å². The molecular formula is C11H19Cl2NO4. The van der Waals surface area contributed by atoms with Gasteiger partial charge in [-0.15, -0.1) is 23.2 Å². The fourth-order valence-electron chi connectivity index (χ4n) is 1.21. The summed E-state index contributed by atoms with van der Waals surface area (Å²) in [5.41, 5.74) is 0. The molecule has 0 aliphatic rings. The van der Waals surface area contributed by atoms with Crippen molar-refractivity contribution in [3.05, 3.63) is 0 Å². The fraction of sp³-hybridized carbons (Fsp3) is 0.818. The van der Waals surface area contributed by atoms with Gasteiger partial charge >= 0.3 is 12.1 Å². The lowest BCUT2D eigenvalue weighted by atomic mass is 10.1. The molecule has 0 saturated carbocycles. The smallest absolute Gasteiger partial charge is 0.407 e. The van der Waals surface area contributed by atoms with Crippen molar-refractivity contribution >= 4 is 35.3 Å². The summed E-state index contributed by atoms with van der Waals surface area (Å²) in [6.07, 6.45) is 1.56. The summed E-state index contributed by atoms with van der Waals surface area (Å²) < 4.78 is 9.63. The van der Waals surface area contributed by atoms with Crippen LogP contribution in [0.4, 0.5) is 4.79 Å².